The van der Waals surface area contributed by atoms with Gasteiger partial charge in [0, 0.05) is 12.2 Å². The summed E-state index contributed by atoms with van der Waals surface area (Å²) in [7, 11) is 1.55. The Morgan fingerprint density at radius 2 is 1.83 bits per heavy atom. The minimum Gasteiger partial charge on any atom is -0.497 e. The number of aryl methyl sites for hydroxylation is 1. The molecule has 0 saturated heterocycles. The first-order valence-corrected chi connectivity index (χ1v) is 12.1. The molecule has 2 aromatic heterocycles. The van der Waals surface area contributed by atoms with E-state index >= 15 is 0 Å². The third-order valence-electron chi connectivity index (χ3n) is 5.34. The highest BCUT2D eigenvalue weighted by molar-refractivity contribution is 7.99. The van der Waals surface area contributed by atoms with Crippen LogP contribution in [0.15, 0.2) is 58.5 Å². The summed E-state index contributed by atoms with van der Waals surface area (Å²) in [5.74, 6) is 0.949. The first-order chi connectivity index (χ1) is 16.9. The Morgan fingerprint density at radius 1 is 1.09 bits per heavy atom. The van der Waals surface area contributed by atoms with E-state index in [1.54, 1.807) is 46.4 Å². The first kappa shape index (κ1) is 24.3. The Morgan fingerprint density at radius 3 is 2.54 bits per heavy atom. The first-order valence-electron chi connectivity index (χ1n) is 11.1. The smallest absolute Gasteiger partial charge is 0.325 e. The highest BCUT2D eigenvalue weighted by Gasteiger charge is 2.18. The number of hydrogen-bond acceptors (Lipinski definition) is 7. The molecule has 0 radical (unpaired) electrons. The maximum absolute atomic E-state index is 13.1. The number of anilines is 1. The third-order valence-corrected chi connectivity index (χ3v) is 6.27. The van der Waals surface area contributed by atoms with E-state index in [0.717, 1.165) is 18.2 Å². The van der Waals surface area contributed by atoms with Crippen LogP contribution in [0, 0.1) is 5.92 Å². The summed E-state index contributed by atoms with van der Waals surface area (Å²) in [6.07, 6.45) is 0.814. The number of ether oxygens (including phenoxy) is 1. The second-order valence-electron chi connectivity index (χ2n) is 8.29. The average Bonchev–Trinajstić information content (AvgIpc) is 3.27. The number of methoxy groups -OCH3 is 1. The summed E-state index contributed by atoms with van der Waals surface area (Å²) >= 11 is 1.14. The molecule has 0 bridgehead atoms. The van der Waals surface area contributed by atoms with E-state index in [4.69, 9.17) is 4.74 Å². The number of amides is 3. The fourth-order valence-electron chi connectivity index (χ4n) is 3.55. The molecule has 0 atom stereocenters. The van der Waals surface area contributed by atoms with Crippen LogP contribution in [0.3, 0.4) is 0 Å². The topological polar surface area (TPSA) is 120 Å². The molecule has 182 valence electrons. The second kappa shape index (κ2) is 10.6. The molecule has 0 fully saturated rings. The third kappa shape index (κ3) is 5.46. The zero-order valence-electron chi connectivity index (χ0n) is 19.6. The van der Waals surface area contributed by atoms with Crippen LogP contribution in [0.2, 0.25) is 0 Å². The van der Waals surface area contributed by atoms with Crippen LogP contribution >= 0.6 is 11.8 Å². The quantitative estimate of drug-likeness (QED) is 0.360. The number of nitrogens with one attached hydrogen (secondary N) is 2. The largest absolute Gasteiger partial charge is 0.497 e. The maximum atomic E-state index is 13.1. The van der Waals surface area contributed by atoms with Crippen LogP contribution in [-0.2, 0) is 11.3 Å². The van der Waals surface area contributed by atoms with Crippen LogP contribution in [0.1, 0.15) is 20.3 Å². The van der Waals surface area contributed by atoms with E-state index in [2.05, 4.69) is 34.7 Å². The Balaban J connectivity index is 1.50. The zero-order valence-corrected chi connectivity index (χ0v) is 20.5. The molecule has 0 saturated carbocycles. The highest BCUT2D eigenvalue weighted by Crippen LogP contribution is 2.22. The van der Waals surface area contributed by atoms with Crippen LogP contribution in [0.4, 0.5) is 10.5 Å². The molecule has 2 aromatic carbocycles. The van der Waals surface area contributed by atoms with Crippen molar-refractivity contribution in [2.24, 2.45) is 5.92 Å². The van der Waals surface area contributed by atoms with Crippen LogP contribution in [0.25, 0.3) is 16.7 Å². The summed E-state index contributed by atoms with van der Waals surface area (Å²) < 4.78 is 8.49. The Hall–Kier alpha value is -3.86. The number of para-hydroxylation sites is 1. The van der Waals surface area contributed by atoms with Gasteiger partial charge in [0.2, 0.25) is 11.7 Å². The van der Waals surface area contributed by atoms with Crippen molar-refractivity contribution in [3.8, 4) is 5.75 Å². The molecule has 2 heterocycles. The number of carbonyl (C=O) groups is 2. The van der Waals surface area contributed by atoms with E-state index in [1.807, 2.05) is 18.2 Å². The maximum Gasteiger partial charge on any atom is 0.325 e. The molecule has 35 heavy (non-hydrogen) atoms. The van der Waals surface area contributed by atoms with Gasteiger partial charge in [0.15, 0.2) is 5.16 Å². The lowest BCUT2D eigenvalue weighted by Crippen LogP contribution is -2.35. The van der Waals surface area contributed by atoms with Gasteiger partial charge in [-0.05, 0) is 48.7 Å². The molecule has 0 unspecified atom stereocenters. The lowest BCUT2D eigenvalue weighted by molar-refractivity contribution is -0.117. The minimum atomic E-state index is -0.639. The van der Waals surface area contributed by atoms with Crippen LogP contribution in [0.5, 0.6) is 5.75 Å². The van der Waals surface area contributed by atoms with E-state index < -0.39 is 11.9 Å². The number of carbonyl (C=O) groups excluding carboxylic acids is 2. The van der Waals surface area contributed by atoms with E-state index in [-0.39, 0.29) is 11.3 Å². The summed E-state index contributed by atoms with van der Waals surface area (Å²) in [6.45, 7) is 4.70. The van der Waals surface area contributed by atoms with Gasteiger partial charge >= 0.3 is 6.03 Å². The number of benzene rings is 2. The average molecular weight is 495 g/mol. The van der Waals surface area contributed by atoms with Gasteiger partial charge in [0.1, 0.15) is 5.75 Å². The fourth-order valence-corrected chi connectivity index (χ4v) is 4.29. The lowest BCUT2D eigenvalue weighted by Gasteiger charge is -2.12. The molecule has 4 aromatic rings. The minimum absolute atomic E-state index is 0.0593. The predicted molar refractivity (Wildman–Crippen MR) is 135 cm³/mol. The standard InChI is InChI=1S/C24H26N6O4S/c1-15(2)12-13-29-21(32)18-6-4-5-7-19(18)30-23(29)27-28-24(30)35-14-20(31)26-22(33)25-16-8-10-17(34-3)11-9-16/h4-11,15H,12-14H2,1-3H3,(H2,25,26,31,33). The molecule has 11 heteroatoms. The Kier molecular flexibility index (Phi) is 7.35. The molecule has 0 aliphatic heterocycles. The van der Waals surface area contributed by atoms with Gasteiger partial charge in [-0.1, -0.05) is 37.7 Å². The molecule has 3 amide bonds. The van der Waals surface area contributed by atoms with E-state index in [9.17, 15) is 14.4 Å². The van der Waals surface area contributed by atoms with Crippen molar-refractivity contribution >= 4 is 46.1 Å². The van der Waals surface area contributed by atoms with Gasteiger partial charge in [0.05, 0.1) is 23.8 Å². The zero-order chi connectivity index (χ0) is 24.9. The van der Waals surface area contributed by atoms with Crippen molar-refractivity contribution in [2.75, 3.05) is 18.2 Å². The molecule has 4 rings (SSSR count). The predicted octanol–water partition coefficient (Wildman–Crippen LogP) is 3.54. The summed E-state index contributed by atoms with van der Waals surface area (Å²) in [5.41, 5.74) is 1.07. The van der Waals surface area contributed by atoms with Crippen molar-refractivity contribution in [3.05, 3.63) is 58.9 Å². The number of nitrogens with zero attached hydrogens (tertiary/aromatic N) is 4. The number of aromatic nitrogens is 4. The van der Waals surface area contributed by atoms with Gasteiger partial charge in [0.25, 0.3) is 5.56 Å². The number of fused-ring (bicyclic) bond motifs is 3. The van der Waals surface area contributed by atoms with Crippen molar-refractivity contribution in [1.29, 1.82) is 0 Å². The van der Waals surface area contributed by atoms with Gasteiger partial charge < -0.3 is 10.1 Å². The molecule has 0 aliphatic carbocycles. The summed E-state index contributed by atoms with van der Waals surface area (Å²) in [6, 6.07) is 13.4. The number of hydrogen-bond donors (Lipinski definition) is 2. The highest BCUT2D eigenvalue weighted by atomic mass is 32.2. The number of urea groups is 1. The molecular formula is C24H26N6O4S. The fraction of sp³-hybridized carbons (Fsp3) is 0.292. The molecular weight excluding hydrogens is 468 g/mol. The normalized spacial score (nSPS) is 11.2. The Labute approximate surface area is 205 Å². The number of thioether (sulfide) groups is 1. The summed E-state index contributed by atoms with van der Waals surface area (Å²) in [4.78, 5) is 37.7. The van der Waals surface area contributed by atoms with Crippen molar-refractivity contribution in [2.45, 2.75) is 32.0 Å². The number of rotatable bonds is 8. The molecule has 0 spiro atoms. The van der Waals surface area contributed by atoms with Crippen LogP contribution < -0.4 is 20.9 Å². The van der Waals surface area contributed by atoms with Gasteiger partial charge in [-0.15, -0.1) is 10.2 Å². The van der Waals surface area contributed by atoms with Crippen LogP contribution in [-0.4, -0.2) is 44.0 Å². The van der Waals surface area contributed by atoms with E-state index in [0.29, 0.717) is 45.7 Å². The summed E-state index contributed by atoms with van der Waals surface area (Å²) in [5, 5.41) is 14.4. The van der Waals surface area contributed by atoms with Crippen molar-refractivity contribution in [3.63, 3.8) is 0 Å². The SMILES string of the molecule is COc1ccc(NC(=O)NC(=O)CSc2nnc3n(CCC(C)C)c(=O)c4ccccc4n23)cc1. The molecule has 2 N–H and O–H groups in total. The van der Waals surface area contributed by atoms with Gasteiger partial charge in [-0.2, -0.15) is 0 Å². The van der Waals surface area contributed by atoms with E-state index in [1.165, 1.54) is 0 Å². The molecule has 0 aliphatic rings. The molecule has 10 nitrogen and oxygen atoms in total. The number of imide groups is 1. The Bertz CT molecular complexity index is 1430. The van der Waals surface area contributed by atoms with Crippen molar-refractivity contribution < 1.29 is 14.3 Å². The lowest BCUT2D eigenvalue weighted by atomic mass is 10.1. The van der Waals surface area contributed by atoms with Gasteiger partial charge in [-0.3, -0.25) is 23.9 Å². The van der Waals surface area contributed by atoms with Gasteiger partial charge in [-0.25, -0.2) is 4.79 Å². The second-order valence-corrected chi connectivity index (χ2v) is 9.24. The van der Waals surface area contributed by atoms with Crippen molar-refractivity contribution in [1.82, 2.24) is 24.5 Å². The monoisotopic (exact) mass is 494 g/mol.